The number of nitrogens with zero attached hydrogens (tertiary/aromatic N) is 1. The molecule has 0 spiro atoms. The molecule has 1 aliphatic heterocycles. The molecule has 76 valence electrons. The van der Waals surface area contributed by atoms with Gasteiger partial charge in [-0.2, -0.15) is 0 Å². The summed E-state index contributed by atoms with van der Waals surface area (Å²) in [6.07, 6.45) is 4.21. The Morgan fingerprint density at radius 2 is 2.29 bits per heavy atom. The van der Waals surface area contributed by atoms with E-state index in [4.69, 9.17) is 0 Å². The molecule has 1 aliphatic rings. The molecule has 1 fully saturated rings. The molecular formula is C11H15BrN2. The fraction of sp³-hybridized carbons (Fsp3) is 0.545. The lowest BCUT2D eigenvalue weighted by Crippen LogP contribution is -2.54. The Balaban J connectivity index is 2.06. The van der Waals surface area contributed by atoms with Crippen LogP contribution in [0.4, 0.5) is 0 Å². The number of aromatic nitrogens is 1. The van der Waals surface area contributed by atoms with Crippen molar-refractivity contribution in [3.8, 4) is 0 Å². The van der Waals surface area contributed by atoms with E-state index in [1.807, 2.05) is 6.20 Å². The Kier molecular flexibility index (Phi) is 2.88. The zero-order valence-electron chi connectivity index (χ0n) is 8.39. The maximum Gasteiger partial charge on any atom is 0.0413 e. The van der Waals surface area contributed by atoms with E-state index in [1.54, 1.807) is 0 Å². The SMILES string of the molecule is CCC1(Cc2ccc(Br)cn2)CNC1. The van der Waals surface area contributed by atoms with E-state index in [0.29, 0.717) is 5.41 Å². The molecule has 0 amide bonds. The predicted octanol–water partition coefficient (Wildman–Crippen LogP) is 2.39. The third-order valence-corrected chi connectivity index (χ3v) is 3.56. The van der Waals surface area contributed by atoms with Crippen LogP contribution in [0.1, 0.15) is 19.0 Å². The largest absolute Gasteiger partial charge is 0.316 e. The third kappa shape index (κ3) is 1.98. The maximum atomic E-state index is 4.42. The summed E-state index contributed by atoms with van der Waals surface area (Å²) >= 11 is 3.40. The van der Waals surface area contributed by atoms with Gasteiger partial charge in [0.15, 0.2) is 0 Å². The number of hydrogen-bond donors (Lipinski definition) is 1. The monoisotopic (exact) mass is 254 g/mol. The van der Waals surface area contributed by atoms with E-state index in [1.165, 1.54) is 12.1 Å². The molecule has 1 aromatic rings. The van der Waals surface area contributed by atoms with Gasteiger partial charge in [0, 0.05) is 34.9 Å². The molecule has 0 saturated carbocycles. The van der Waals surface area contributed by atoms with E-state index >= 15 is 0 Å². The van der Waals surface area contributed by atoms with E-state index in [9.17, 15) is 0 Å². The van der Waals surface area contributed by atoms with Crippen molar-refractivity contribution in [3.63, 3.8) is 0 Å². The molecule has 0 aromatic carbocycles. The third-order valence-electron chi connectivity index (χ3n) is 3.09. The first-order chi connectivity index (χ1) is 6.74. The van der Waals surface area contributed by atoms with Crippen LogP contribution in [0.15, 0.2) is 22.8 Å². The smallest absolute Gasteiger partial charge is 0.0413 e. The van der Waals surface area contributed by atoms with Crippen molar-refractivity contribution in [2.45, 2.75) is 19.8 Å². The lowest BCUT2D eigenvalue weighted by molar-refractivity contribution is 0.158. The van der Waals surface area contributed by atoms with Gasteiger partial charge < -0.3 is 5.32 Å². The average Bonchev–Trinajstić information content (AvgIpc) is 2.15. The standard InChI is InChI=1S/C11H15BrN2/c1-2-11(7-13-8-11)5-10-4-3-9(12)6-14-10/h3-4,6,13H,2,5,7-8H2,1H3. The van der Waals surface area contributed by atoms with Crippen LogP contribution in [0, 0.1) is 5.41 Å². The second kappa shape index (κ2) is 3.99. The van der Waals surface area contributed by atoms with Gasteiger partial charge in [0.2, 0.25) is 0 Å². The summed E-state index contributed by atoms with van der Waals surface area (Å²) in [6.45, 7) is 4.54. The second-order valence-corrected chi connectivity index (χ2v) is 5.02. The number of nitrogens with one attached hydrogen (secondary N) is 1. The number of halogens is 1. The number of pyridine rings is 1. The van der Waals surface area contributed by atoms with Gasteiger partial charge in [-0.15, -0.1) is 0 Å². The topological polar surface area (TPSA) is 24.9 Å². The van der Waals surface area contributed by atoms with Crippen molar-refractivity contribution < 1.29 is 0 Å². The van der Waals surface area contributed by atoms with Gasteiger partial charge in [-0.05, 0) is 40.9 Å². The molecule has 1 N–H and O–H groups in total. The summed E-state index contributed by atoms with van der Waals surface area (Å²) in [7, 11) is 0. The Labute approximate surface area is 93.3 Å². The van der Waals surface area contributed by atoms with Crippen LogP contribution < -0.4 is 5.32 Å². The maximum absolute atomic E-state index is 4.42. The molecular weight excluding hydrogens is 240 g/mol. The zero-order chi connectivity index (χ0) is 10.0. The molecule has 2 heterocycles. The van der Waals surface area contributed by atoms with Crippen LogP contribution in [0.25, 0.3) is 0 Å². The molecule has 0 aliphatic carbocycles. The van der Waals surface area contributed by atoms with Gasteiger partial charge in [0.05, 0.1) is 0 Å². The fourth-order valence-corrected chi connectivity index (χ4v) is 2.11. The zero-order valence-corrected chi connectivity index (χ0v) is 9.97. The van der Waals surface area contributed by atoms with Gasteiger partial charge in [-0.3, -0.25) is 4.98 Å². The van der Waals surface area contributed by atoms with E-state index in [2.05, 4.69) is 45.3 Å². The molecule has 0 unspecified atom stereocenters. The molecule has 1 saturated heterocycles. The number of hydrogen-bond acceptors (Lipinski definition) is 2. The summed E-state index contributed by atoms with van der Waals surface area (Å²) < 4.78 is 1.05. The first-order valence-electron chi connectivity index (χ1n) is 5.05. The summed E-state index contributed by atoms with van der Waals surface area (Å²) in [5.41, 5.74) is 1.68. The van der Waals surface area contributed by atoms with Crippen LogP contribution in [-0.2, 0) is 6.42 Å². The molecule has 1 aromatic heterocycles. The van der Waals surface area contributed by atoms with Crippen molar-refractivity contribution in [2.24, 2.45) is 5.41 Å². The Morgan fingerprint density at radius 1 is 1.50 bits per heavy atom. The lowest BCUT2D eigenvalue weighted by atomic mass is 9.75. The molecule has 0 radical (unpaired) electrons. The average molecular weight is 255 g/mol. The lowest BCUT2D eigenvalue weighted by Gasteiger charge is -2.42. The van der Waals surface area contributed by atoms with Crippen molar-refractivity contribution in [1.82, 2.24) is 10.3 Å². The highest BCUT2D eigenvalue weighted by atomic mass is 79.9. The molecule has 0 atom stereocenters. The van der Waals surface area contributed by atoms with Crippen molar-refractivity contribution >= 4 is 15.9 Å². The summed E-state index contributed by atoms with van der Waals surface area (Å²) in [5, 5.41) is 3.35. The molecule has 0 bridgehead atoms. The van der Waals surface area contributed by atoms with Gasteiger partial charge >= 0.3 is 0 Å². The molecule has 2 rings (SSSR count). The van der Waals surface area contributed by atoms with Crippen LogP contribution in [0.5, 0.6) is 0 Å². The van der Waals surface area contributed by atoms with Gasteiger partial charge in [-0.1, -0.05) is 6.92 Å². The molecule has 3 heteroatoms. The number of rotatable bonds is 3. The first kappa shape index (κ1) is 10.1. The van der Waals surface area contributed by atoms with E-state index in [-0.39, 0.29) is 0 Å². The minimum absolute atomic E-state index is 0.473. The van der Waals surface area contributed by atoms with Crippen molar-refractivity contribution in [3.05, 3.63) is 28.5 Å². The minimum atomic E-state index is 0.473. The highest BCUT2D eigenvalue weighted by Gasteiger charge is 2.35. The Bertz CT molecular complexity index is 298. The first-order valence-corrected chi connectivity index (χ1v) is 5.85. The van der Waals surface area contributed by atoms with Gasteiger partial charge in [-0.25, -0.2) is 0 Å². The Morgan fingerprint density at radius 3 is 2.71 bits per heavy atom. The quantitative estimate of drug-likeness (QED) is 0.897. The van der Waals surface area contributed by atoms with Gasteiger partial charge in [0.1, 0.15) is 0 Å². The second-order valence-electron chi connectivity index (χ2n) is 4.10. The van der Waals surface area contributed by atoms with Crippen LogP contribution in [-0.4, -0.2) is 18.1 Å². The van der Waals surface area contributed by atoms with Gasteiger partial charge in [0.25, 0.3) is 0 Å². The summed E-state index contributed by atoms with van der Waals surface area (Å²) in [6, 6.07) is 4.18. The van der Waals surface area contributed by atoms with E-state index < -0.39 is 0 Å². The minimum Gasteiger partial charge on any atom is -0.316 e. The van der Waals surface area contributed by atoms with Crippen LogP contribution >= 0.6 is 15.9 Å². The highest BCUT2D eigenvalue weighted by molar-refractivity contribution is 9.10. The molecule has 14 heavy (non-hydrogen) atoms. The summed E-state index contributed by atoms with van der Waals surface area (Å²) in [4.78, 5) is 4.42. The van der Waals surface area contributed by atoms with Crippen molar-refractivity contribution in [2.75, 3.05) is 13.1 Å². The van der Waals surface area contributed by atoms with Crippen molar-refractivity contribution in [1.29, 1.82) is 0 Å². The Hall–Kier alpha value is -0.410. The summed E-state index contributed by atoms with van der Waals surface area (Å²) in [5.74, 6) is 0. The van der Waals surface area contributed by atoms with E-state index in [0.717, 1.165) is 24.0 Å². The highest BCUT2D eigenvalue weighted by Crippen LogP contribution is 2.30. The molecule has 2 nitrogen and oxygen atoms in total. The van der Waals surface area contributed by atoms with Crippen LogP contribution in [0.2, 0.25) is 0 Å². The van der Waals surface area contributed by atoms with Crippen LogP contribution in [0.3, 0.4) is 0 Å². The fourth-order valence-electron chi connectivity index (χ4n) is 1.87. The predicted molar refractivity (Wildman–Crippen MR) is 61.2 cm³/mol. The normalized spacial score (nSPS) is 19.0.